The summed E-state index contributed by atoms with van der Waals surface area (Å²) in [5, 5.41) is 0. The maximum absolute atomic E-state index is 5.75. The summed E-state index contributed by atoms with van der Waals surface area (Å²) in [5.74, 6) is 0. The first-order valence-electron chi connectivity index (χ1n) is 5.23. The molecular formula is C12H15BrO2. The third-order valence-corrected chi connectivity index (χ3v) is 3.38. The summed E-state index contributed by atoms with van der Waals surface area (Å²) in [6.07, 6.45) is 1.19. The molecule has 0 amide bonds. The minimum Gasteiger partial charge on any atom is -0.377 e. The van der Waals surface area contributed by atoms with Crippen molar-refractivity contribution in [3.05, 3.63) is 35.9 Å². The molecule has 0 aromatic heterocycles. The van der Waals surface area contributed by atoms with Crippen molar-refractivity contribution in [2.24, 2.45) is 0 Å². The number of rotatable bonds is 4. The lowest BCUT2D eigenvalue weighted by Crippen LogP contribution is -2.23. The molecule has 2 rings (SSSR count). The van der Waals surface area contributed by atoms with E-state index >= 15 is 0 Å². The molecule has 0 radical (unpaired) electrons. The molecule has 15 heavy (non-hydrogen) atoms. The molecule has 0 spiro atoms. The SMILES string of the molecule is BrC1COCC1OCCc1ccccc1. The van der Waals surface area contributed by atoms with Crippen molar-refractivity contribution >= 4 is 15.9 Å². The zero-order valence-corrected chi connectivity index (χ0v) is 10.2. The molecule has 1 aliphatic heterocycles. The van der Waals surface area contributed by atoms with Crippen LogP contribution in [0.1, 0.15) is 5.56 Å². The van der Waals surface area contributed by atoms with Gasteiger partial charge in [-0.3, -0.25) is 0 Å². The molecule has 2 unspecified atom stereocenters. The van der Waals surface area contributed by atoms with Gasteiger partial charge in [-0.05, 0) is 12.0 Å². The van der Waals surface area contributed by atoms with Crippen molar-refractivity contribution in [2.75, 3.05) is 19.8 Å². The van der Waals surface area contributed by atoms with Crippen molar-refractivity contribution in [1.82, 2.24) is 0 Å². The predicted octanol–water partition coefficient (Wildman–Crippen LogP) is 2.41. The van der Waals surface area contributed by atoms with Crippen LogP contribution in [-0.2, 0) is 15.9 Å². The summed E-state index contributed by atoms with van der Waals surface area (Å²) < 4.78 is 11.0. The first kappa shape index (κ1) is 11.1. The van der Waals surface area contributed by atoms with Gasteiger partial charge in [-0.1, -0.05) is 46.3 Å². The van der Waals surface area contributed by atoms with E-state index in [1.807, 2.05) is 6.07 Å². The van der Waals surface area contributed by atoms with Crippen LogP contribution in [0.2, 0.25) is 0 Å². The fourth-order valence-corrected chi connectivity index (χ4v) is 2.13. The van der Waals surface area contributed by atoms with Crippen LogP contribution >= 0.6 is 15.9 Å². The maximum atomic E-state index is 5.75. The number of benzene rings is 1. The molecule has 3 heteroatoms. The lowest BCUT2D eigenvalue weighted by molar-refractivity contribution is 0.0467. The second kappa shape index (κ2) is 5.64. The predicted molar refractivity (Wildman–Crippen MR) is 63.4 cm³/mol. The Morgan fingerprint density at radius 2 is 2.07 bits per heavy atom. The highest BCUT2D eigenvalue weighted by atomic mass is 79.9. The lowest BCUT2D eigenvalue weighted by Gasteiger charge is -2.13. The number of hydrogen-bond donors (Lipinski definition) is 0. The van der Waals surface area contributed by atoms with E-state index in [1.165, 1.54) is 5.56 Å². The normalized spacial score (nSPS) is 25.7. The van der Waals surface area contributed by atoms with E-state index in [9.17, 15) is 0 Å². The highest BCUT2D eigenvalue weighted by molar-refractivity contribution is 9.09. The van der Waals surface area contributed by atoms with Crippen molar-refractivity contribution < 1.29 is 9.47 Å². The second-order valence-electron chi connectivity index (χ2n) is 3.70. The summed E-state index contributed by atoms with van der Waals surface area (Å²) in [4.78, 5) is 0.355. The van der Waals surface area contributed by atoms with E-state index in [1.54, 1.807) is 0 Å². The van der Waals surface area contributed by atoms with Gasteiger partial charge in [0.25, 0.3) is 0 Å². The molecular weight excluding hydrogens is 256 g/mol. The van der Waals surface area contributed by atoms with Gasteiger partial charge in [0.05, 0.1) is 30.8 Å². The third kappa shape index (κ3) is 3.30. The number of hydrogen-bond acceptors (Lipinski definition) is 2. The molecule has 82 valence electrons. The van der Waals surface area contributed by atoms with Crippen LogP contribution in [0, 0.1) is 0 Å². The summed E-state index contributed by atoms with van der Waals surface area (Å²) in [5.41, 5.74) is 1.32. The molecule has 0 N–H and O–H groups in total. The second-order valence-corrected chi connectivity index (χ2v) is 4.87. The minimum atomic E-state index is 0.216. The van der Waals surface area contributed by atoms with Crippen molar-refractivity contribution in [2.45, 2.75) is 17.4 Å². The standard InChI is InChI=1S/C12H15BrO2/c13-11-8-14-9-12(11)15-7-6-10-4-2-1-3-5-10/h1-5,11-12H,6-9H2. The van der Waals surface area contributed by atoms with Gasteiger partial charge in [-0.25, -0.2) is 0 Å². The van der Waals surface area contributed by atoms with E-state index in [0.29, 0.717) is 11.4 Å². The van der Waals surface area contributed by atoms with Gasteiger partial charge in [0.15, 0.2) is 0 Å². The van der Waals surface area contributed by atoms with Crippen LogP contribution < -0.4 is 0 Å². The molecule has 0 aliphatic carbocycles. The van der Waals surface area contributed by atoms with E-state index in [-0.39, 0.29) is 6.10 Å². The number of alkyl halides is 1. The van der Waals surface area contributed by atoms with E-state index in [4.69, 9.17) is 9.47 Å². The van der Waals surface area contributed by atoms with Gasteiger partial charge in [0.1, 0.15) is 0 Å². The Labute approximate surface area is 98.7 Å². The van der Waals surface area contributed by atoms with Crippen molar-refractivity contribution in [3.63, 3.8) is 0 Å². The molecule has 1 heterocycles. The van der Waals surface area contributed by atoms with E-state index in [2.05, 4.69) is 40.2 Å². The number of ether oxygens (including phenoxy) is 2. The zero-order valence-electron chi connectivity index (χ0n) is 8.56. The Morgan fingerprint density at radius 1 is 1.27 bits per heavy atom. The molecule has 2 atom stereocenters. The summed E-state index contributed by atoms with van der Waals surface area (Å²) >= 11 is 3.54. The average molecular weight is 271 g/mol. The van der Waals surface area contributed by atoms with Gasteiger partial charge in [0, 0.05) is 0 Å². The molecule has 1 fully saturated rings. The fraction of sp³-hybridized carbons (Fsp3) is 0.500. The van der Waals surface area contributed by atoms with Gasteiger partial charge in [0.2, 0.25) is 0 Å². The van der Waals surface area contributed by atoms with Crippen LogP contribution in [-0.4, -0.2) is 30.8 Å². The molecule has 1 aromatic rings. The largest absolute Gasteiger partial charge is 0.377 e. The average Bonchev–Trinajstić information content (AvgIpc) is 2.66. The Bertz CT molecular complexity index is 289. The maximum Gasteiger partial charge on any atom is 0.0955 e. The summed E-state index contributed by atoms with van der Waals surface area (Å²) in [6.45, 7) is 2.24. The molecule has 1 aliphatic rings. The highest BCUT2D eigenvalue weighted by Gasteiger charge is 2.26. The molecule has 0 saturated carbocycles. The lowest BCUT2D eigenvalue weighted by atomic mass is 10.2. The van der Waals surface area contributed by atoms with Crippen molar-refractivity contribution in [1.29, 1.82) is 0 Å². The monoisotopic (exact) mass is 270 g/mol. The van der Waals surface area contributed by atoms with Crippen LogP contribution in [0.15, 0.2) is 30.3 Å². The quantitative estimate of drug-likeness (QED) is 0.783. The van der Waals surface area contributed by atoms with Crippen LogP contribution in [0.25, 0.3) is 0 Å². The van der Waals surface area contributed by atoms with Gasteiger partial charge in [-0.2, -0.15) is 0 Å². The highest BCUT2D eigenvalue weighted by Crippen LogP contribution is 2.17. The number of halogens is 1. The molecule has 1 aromatic carbocycles. The smallest absolute Gasteiger partial charge is 0.0955 e. The van der Waals surface area contributed by atoms with Gasteiger partial charge >= 0.3 is 0 Å². The van der Waals surface area contributed by atoms with Crippen LogP contribution in [0.3, 0.4) is 0 Å². The van der Waals surface area contributed by atoms with E-state index in [0.717, 1.165) is 19.6 Å². The Kier molecular flexibility index (Phi) is 4.18. The van der Waals surface area contributed by atoms with Crippen LogP contribution in [0.5, 0.6) is 0 Å². The summed E-state index contributed by atoms with van der Waals surface area (Å²) in [6, 6.07) is 10.4. The van der Waals surface area contributed by atoms with Crippen molar-refractivity contribution in [3.8, 4) is 0 Å². The van der Waals surface area contributed by atoms with Crippen LogP contribution in [0.4, 0.5) is 0 Å². The molecule has 1 saturated heterocycles. The molecule has 0 bridgehead atoms. The third-order valence-electron chi connectivity index (χ3n) is 2.53. The first-order valence-corrected chi connectivity index (χ1v) is 6.15. The van der Waals surface area contributed by atoms with Gasteiger partial charge in [-0.15, -0.1) is 0 Å². The van der Waals surface area contributed by atoms with E-state index < -0.39 is 0 Å². The topological polar surface area (TPSA) is 18.5 Å². The summed E-state index contributed by atoms with van der Waals surface area (Å²) in [7, 11) is 0. The zero-order chi connectivity index (χ0) is 10.5. The molecule has 2 nitrogen and oxygen atoms in total. The minimum absolute atomic E-state index is 0.216. The van der Waals surface area contributed by atoms with Gasteiger partial charge < -0.3 is 9.47 Å². The first-order chi connectivity index (χ1) is 7.36. The fourth-order valence-electron chi connectivity index (χ4n) is 1.63. The Morgan fingerprint density at radius 3 is 2.73 bits per heavy atom. The Hall–Kier alpha value is -0.380. The Balaban J connectivity index is 1.71.